The van der Waals surface area contributed by atoms with Gasteiger partial charge in [-0.1, -0.05) is 13.0 Å². The average molecular weight is 484 g/mol. The number of carbonyl (C=O) groups excluding carboxylic acids is 2. The highest BCUT2D eigenvalue weighted by Crippen LogP contribution is 2.18. The van der Waals surface area contributed by atoms with Gasteiger partial charge < -0.3 is 15.8 Å². The Kier molecular flexibility index (Phi) is 7.47. The third-order valence-corrected chi connectivity index (χ3v) is 6.02. The molecule has 0 bridgehead atoms. The summed E-state index contributed by atoms with van der Waals surface area (Å²) >= 11 is 0. The molecule has 1 amide bonds. The van der Waals surface area contributed by atoms with Gasteiger partial charge in [0, 0.05) is 22.8 Å². The Morgan fingerprint density at radius 2 is 1.68 bits per heavy atom. The quantitative estimate of drug-likeness (QED) is 0.326. The van der Waals surface area contributed by atoms with Crippen molar-refractivity contribution in [1.29, 1.82) is 0 Å². The summed E-state index contributed by atoms with van der Waals surface area (Å²) in [4.78, 5) is 33.0. The smallest absolute Gasteiger partial charge is 0.338 e. The van der Waals surface area contributed by atoms with Gasteiger partial charge >= 0.3 is 5.97 Å². The first-order chi connectivity index (χ1) is 16.1. The van der Waals surface area contributed by atoms with E-state index in [2.05, 4.69) is 20.0 Å². The van der Waals surface area contributed by atoms with Gasteiger partial charge in [0.1, 0.15) is 0 Å². The van der Waals surface area contributed by atoms with Crippen LogP contribution in [0.25, 0.3) is 0 Å². The molecule has 3 aromatic rings. The number of hydrogen-bond acceptors (Lipinski definition) is 8. The number of amides is 1. The molecule has 3 rings (SSSR count). The number of benzene rings is 2. The third kappa shape index (κ3) is 6.29. The van der Waals surface area contributed by atoms with E-state index in [0.29, 0.717) is 22.8 Å². The number of anilines is 3. The lowest BCUT2D eigenvalue weighted by Gasteiger charge is -2.16. The van der Waals surface area contributed by atoms with E-state index in [1.165, 1.54) is 30.3 Å². The molecule has 2 aromatic carbocycles. The first-order valence-corrected chi connectivity index (χ1v) is 11.9. The number of aryl methyl sites for hydroxylation is 2. The summed E-state index contributed by atoms with van der Waals surface area (Å²) in [5.41, 5.74) is 7.92. The predicted octanol–water partition coefficient (Wildman–Crippen LogP) is 3.05. The average Bonchev–Trinajstić information content (AvgIpc) is 2.76. The zero-order valence-corrected chi connectivity index (χ0v) is 19.7. The van der Waals surface area contributed by atoms with Gasteiger partial charge in [0.15, 0.2) is 6.10 Å². The molecular formula is C23H25N5O5S. The number of nitrogens with one attached hydrogen (secondary N) is 2. The van der Waals surface area contributed by atoms with Crippen LogP contribution in [0.5, 0.6) is 0 Å². The molecule has 0 spiro atoms. The van der Waals surface area contributed by atoms with Crippen molar-refractivity contribution in [3.8, 4) is 0 Å². The molecule has 0 aliphatic rings. The number of carbonyl (C=O) groups is 2. The van der Waals surface area contributed by atoms with Crippen molar-refractivity contribution in [1.82, 2.24) is 9.97 Å². The van der Waals surface area contributed by atoms with E-state index >= 15 is 0 Å². The fourth-order valence-electron chi connectivity index (χ4n) is 3.08. The monoisotopic (exact) mass is 483 g/mol. The number of nitrogens with zero attached hydrogens (tertiary/aromatic N) is 2. The number of esters is 1. The van der Waals surface area contributed by atoms with Crippen molar-refractivity contribution in [3.63, 3.8) is 0 Å². The number of hydrogen-bond donors (Lipinski definition) is 3. The van der Waals surface area contributed by atoms with Crippen LogP contribution in [0.4, 0.5) is 17.3 Å². The van der Waals surface area contributed by atoms with Gasteiger partial charge in [-0.3, -0.25) is 4.79 Å². The minimum atomic E-state index is -3.93. The van der Waals surface area contributed by atoms with E-state index in [9.17, 15) is 18.0 Å². The van der Waals surface area contributed by atoms with Crippen LogP contribution in [0.2, 0.25) is 0 Å². The van der Waals surface area contributed by atoms with Crippen LogP contribution in [-0.4, -0.2) is 36.4 Å². The number of sulfonamides is 1. The molecule has 4 N–H and O–H groups in total. The van der Waals surface area contributed by atoms with Crippen LogP contribution in [0.3, 0.4) is 0 Å². The van der Waals surface area contributed by atoms with E-state index < -0.39 is 28.0 Å². The predicted molar refractivity (Wildman–Crippen MR) is 128 cm³/mol. The fourth-order valence-corrected chi connectivity index (χ4v) is 4.02. The van der Waals surface area contributed by atoms with Crippen LogP contribution in [-0.2, 0) is 19.6 Å². The minimum absolute atomic E-state index is 0.0253. The molecule has 0 saturated heterocycles. The summed E-state index contributed by atoms with van der Waals surface area (Å²) < 4.78 is 32.9. The van der Waals surface area contributed by atoms with Gasteiger partial charge in [-0.25, -0.2) is 27.9 Å². The van der Waals surface area contributed by atoms with Crippen molar-refractivity contribution in [2.45, 2.75) is 38.2 Å². The molecule has 1 aromatic heterocycles. The Labute approximate surface area is 197 Å². The van der Waals surface area contributed by atoms with Crippen molar-refractivity contribution >= 4 is 39.2 Å². The molecule has 10 nitrogen and oxygen atoms in total. The Hall–Kier alpha value is -3.99. The topological polar surface area (TPSA) is 153 Å². The van der Waals surface area contributed by atoms with Crippen molar-refractivity contribution in [2.24, 2.45) is 0 Å². The van der Waals surface area contributed by atoms with Gasteiger partial charge in [0.2, 0.25) is 5.95 Å². The molecule has 178 valence electrons. The maximum Gasteiger partial charge on any atom is 0.338 e. The largest absolute Gasteiger partial charge is 0.449 e. The maximum atomic E-state index is 12.6. The number of ether oxygens (including phenoxy) is 1. The molecule has 1 heterocycles. The van der Waals surface area contributed by atoms with E-state index in [4.69, 9.17) is 10.5 Å². The van der Waals surface area contributed by atoms with Gasteiger partial charge in [-0.15, -0.1) is 0 Å². The summed E-state index contributed by atoms with van der Waals surface area (Å²) in [6.07, 6.45) is -0.799. The van der Waals surface area contributed by atoms with Crippen LogP contribution in [0.1, 0.15) is 35.1 Å². The normalized spacial score (nSPS) is 12.0. The first-order valence-electron chi connectivity index (χ1n) is 10.4. The van der Waals surface area contributed by atoms with E-state index in [1.807, 2.05) is 0 Å². The third-order valence-electron chi connectivity index (χ3n) is 4.67. The van der Waals surface area contributed by atoms with Gasteiger partial charge in [0.05, 0.1) is 10.5 Å². The lowest BCUT2D eigenvalue weighted by Crippen LogP contribution is -2.32. The Balaban J connectivity index is 1.66. The van der Waals surface area contributed by atoms with Crippen LogP contribution >= 0.6 is 0 Å². The van der Waals surface area contributed by atoms with Gasteiger partial charge in [0.25, 0.3) is 15.9 Å². The lowest BCUT2D eigenvalue weighted by molar-refractivity contribution is -0.124. The standard InChI is InChI=1S/C23H25N5O5S/c1-4-20(33-22(30)16-6-5-7-17(24)13-16)21(29)27-18-8-10-19(11-9-18)34(31,32)28-23-25-14(2)12-15(3)26-23/h5-13,20H,4,24H2,1-3H3,(H,27,29)(H,25,26,28). The number of aromatic nitrogens is 2. The lowest BCUT2D eigenvalue weighted by atomic mass is 10.2. The zero-order chi connectivity index (χ0) is 24.9. The van der Waals surface area contributed by atoms with Gasteiger partial charge in [-0.2, -0.15) is 0 Å². The fraction of sp³-hybridized carbons (Fsp3) is 0.217. The molecule has 0 aliphatic carbocycles. The molecular weight excluding hydrogens is 458 g/mol. The van der Waals surface area contributed by atoms with E-state index in [1.54, 1.807) is 45.0 Å². The Morgan fingerprint density at radius 1 is 1.03 bits per heavy atom. The highest BCUT2D eigenvalue weighted by Gasteiger charge is 2.23. The number of nitrogen functional groups attached to an aromatic ring is 1. The summed E-state index contributed by atoms with van der Waals surface area (Å²) in [6, 6.07) is 13.5. The van der Waals surface area contributed by atoms with Gasteiger partial charge in [-0.05, 0) is 68.8 Å². The SMILES string of the molecule is CCC(OC(=O)c1cccc(N)c1)C(=O)Nc1ccc(S(=O)(=O)Nc2nc(C)cc(C)n2)cc1. The summed E-state index contributed by atoms with van der Waals surface area (Å²) in [5, 5.41) is 2.62. The van der Waals surface area contributed by atoms with Crippen LogP contribution in [0, 0.1) is 13.8 Å². The molecule has 0 aliphatic heterocycles. The Bertz CT molecular complexity index is 1290. The molecule has 1 unspecified atom stereocenters. The summed E-state index contributed by atoms with van der Waals surface area (Å²) in [5.74, 6) is -1.24. The Morgan fingerprint density at radius 3 is 2.26 bits per heavy atom. The molecule has 0 fully saturated rings. The second-order valence-corrected chi connectivity index (χ2v) is 9.20. The molecule has 0 radical (unpaired) electrons. The van der Waals surface area contributed by atoms with E-state index in [0.717, 1.165) is 0 Å². The maximum absolute atomic E-state index is 12.6. The van der Waals surface area contributed by atoms with Crippen molar-refractivity contribution in [2.75, 3.05) is 15.8 Å². The summed E-state index contributed by atoms with van der Waals surface area (Å²) in [6.45, 7) is 5.17. The molecule has 11 heteroatoms. The molecule has 0 saturated carbocycles. The molecule has 1 atom stereocenters. The van der Waals surface area contributed by atoms with Crippen molar-refractivity contribution < 1.29 is 22.7 Å². The molecule has 34 heavy (non-hydrogen) atoms. The first kappa shape index (κ1) is 24.6. The highest BCUT2D eigenvalue weighted by atomic mass is 32.2. The van der Waals surface area contributed by atoms with E-state index in [-0.39, 0.29) is 22.8 Å². The number of rotatable bonds is 8. The number of nitrogens with two attached hydrogens (primary N) is 1. The van der Waals surface area contributed by atoms with Crippen molar-refractivity contribution in [3.05, 3.63) is 71.5 Å². The second-order valence-electron chi connectivity index (χ2n) is 7.52. The highest BCUT2D eigenvalue weighted by molar-refractivity contribution is 7.92. The van der Waals surface area contributed by atoms with Crippen LogP contribution < -0.4 is 15.8 Å². The van der Waals surface area contributed by atoms with Crippen LogP contribution in [0.15, 0.2) is 59.5 Å². The minimum Gasteiger partial charge on any atom is -0.449 e. The zero-order valence-electron chi connectivity index (χ0n) is 18.9. The second kappa shape index (κ2) is 10.3. The summed E-state index contributed by atoms with van der Waals surface area (Å²) in [7, 11) is -3.93.